The van der Waals surface area contributed by atoms with Gasteiger partial charge in [0.25, 0.3) is 0 Å². The number of ether oxygens (including phenoxy) is 1. The lowest BCUT2D eigenvalue weighted by molar-refractivity contribution is -0.119. The second kappa shape index (κ2) is 6.80. The molecule has 2 rings (SSSR count). The molecule has 114 valence electrons. The van der Waals surface area contributed by atoms with E-state index in [4.69, 9.17) is 16.3 Å². The number of anilines is 2. The Labute approximate surface area is 129 Å². The van der Waals surface area contributed by atoms with E-state index in [0.29, 0.717) is 24.4 Å². The number of hydrogen-bond acceptors (Lipinski definition) is 3. The highest BCUT2D eigenvalue weighted by atomic mass is 35.5. The molecule has 6 heteroatoms. The first kappa shape index (κ1) is 15.6. The van der Waals surface area contributed by atoms with Crippen LogP contribution < -0.4 is 15.0 Å². The smallest absolute Gasteiger partial charge is 0.228 e. The Bertz CT molecular complexity index is 548. The summed E-state index contributed by atoms with van der Waals surface area (Å²) in [5.41, 5.74) is 1.37. The molecule has 1 fully saturated rings. The summed E-state index contributed by atoms with van der Waals surface area (Å²) in [5.74, 6) is 0.528. The minimum absolute atomic E-state index is 0.0980. The number of rotatable bonds is 5. The zero-order valence-corrected chi connectivity index (χ0v) is 12.9. The lowest BCUT2D eigenvalue weighted by Crippen LogP contribution is -2.24. The molecule has 0 radical (unpaired) electrons. The summed E-state index contributed by atoms with van der Waals surface area (Å²) in [4.78, 5) is 25.4. The molecular weight excluding hydrogens is 292 g/mol. The Balaban J connectivity index is 2.20. The Morgan fingerprint density at radius 3 is 2.86 bits per heavy atom. The zero-order valence-electron chi connectivity index (χ0n) is 12.2. The van der Waals surface area contributed by atoms with Crippen molar-refractivity contribution in [2.24, 2.45) is 5.92 Å². The summed E-state index contributed by atoms with van der Waals surface area (Å²) in [6, 6.07) is 5.28. The maximum Gasteiger partial charge on any atom is 0.228 e. The number of amides is 2. The monoisotopic (exact) mass is 310 g/mol. The third kappa shape index (κ3) is 3.47. The molecular formula is C15H19ClN2O3. The number of carbonyl (C=O) groups is 2. The highest BCUT2D eigenvalue weighted by Crippen LogP contribution is 2.33. The van der Waals surface area contributed by atoms with Gasteiger partial charge in [0.05, 0.1) is 12.8 Å². The van der Waals surface area contributed by atoms with Gasteiger partial charge >= 0.3 is 0 Å². The van der Waals surface area contributed by atoms with Gasteiger partial charge in [0.1, 0.15) is 5.75 Å². The van der Waals surface area contributed by atoms with Gasteiger partial charge in [-0.05, 0) is 18.6 Å². The van der Waals surface area contributed by atoms with Gasteiger partial charge in [-0.2, -0.15) is 0 Å². The van der Waals surface area contributed by atoms with Crippen LogP contribution in [0.1, 0.15) is 19.8 Å². The summed E-state index contributed by atoms with van der Waals surface area (Å²) in [6.07, 6.45) is 1.42. The minimum atomic E-state index is -0.266. The average molecular weight is 311 g/mol. The number of nitrogens with one attached hydrogen (secondary N) is 1. The number of hydrogen-bond donors (Lipinski definition) is 1. The van der Waals surface area contributed by atoms with E-state index in [0.717, 1.165) is 12.1 Å². The number of nitrogens with zero attached hydrogens (tertiary/aromatic N) is 1. The summed E-state index contributed by atoms with van der Waals surface area (Å²) in [5, 5.41) is 2.79. The maximum atomic E-state index is 11.8. The molecule has 1 aliphatic heterocycles. The van der Waals surface area contributed by atoms with Crippen LogP contribution in [-0.4, -0.2) is 31.3 Å². The fraction of sp³-hybridized carbons (Fsp3) is 0.467. The van der Waals surface area contributed by atoms with Gasteiger partial charge in [0.2, 0.25) is 11.8 Å². The van der Waals surface area contributed by atoms with Gasteiger partial charge in [0, 0.05) is 36.5 Å². The van der Waals surface area contributed by atoms with Crippen molar-refractivity contribution in [2.75, 3.05) is 29.8 Å². The van der Waals surface area contributed by atoms with Crippen LogP contribution in [0.5, 0.6) is 5.75 Å². The summed E-state index contributed by atoms with van der Waals surface area (Å²) >= 11 is 5.67. The van der Waals surface area contributed by atoms with Crippen molar-refractivity contribution in [1.82, 2.24) is 0 Å². The Morgan fingerprint density at radius 1 is 1.52 bits per heavy atom. The first-order valence-corrected chi connectivity index (χ1v) is 7.45. The van der Waals surface area contributed by atoms with E-state index in [1.165, 1.54) is 0 Å². The van der Waals surface area contributed by atoms with Crippen molar-refractivity contribution in [1.29, 1.82) is 0 Å². The first-order chi connectivity index (χ1) is 10.1. The molecule has 0 saturated carbocycles. The molecule has 1 unspecified atom stereocenters. The molecule has 21 heavy (non-hydrogen) atoms. The van der Waals surface area contributed by atoms with Crippen LogP contribution in [0.4, 0.5) is 11.4 Å². The zero-order chi connectivity index (χ0) is 15.4. The number of alkyl halides is 1. The molecule has 0 bridgehead atoms. The van der Waals surface area contributed by atoms with Crippen LogP contribution in [0, 0.1) is 5.92 Å². The van der Waals surface area contributed by atoms with Crippen molar-refractivity contribution >= 4 is 34.8 Å². The molecule has 5 nitrogen and oxygen atoms in total. The Kier molecular flexibility index (Phi) is 5.07. The normalized spacial score (nSPS) is 16.0. The topological polar surface area (TPSA) is 58.6 Å². The van der Waals surface area contributed by atoms with E-state index in [9.17, 15) is 9.59 Å². The van der Waals surface area contributed by atoms with E-state index in [1.54, 1.807) is 37.1 Å². The third-order valence-corrected chi connectivity index (χ3v) is 3.95. The lowest BCUT2D eigenvalue weighted by Gasteiger charge is -2.20. The Hall–Kier alpha value is -1.75. The van der Waals surface area contributed by atoms with Gasteiger partial charge in [-0.3, -0.25) is 9.59 Å². The van der Waals surface area contributed by atoms with Crippen LogP contribution in [0.25, 0.3) is 0 Å². The molecule has 0 aromatic heterocycles. The summed E-state index contributed by atoms with van der Waals surface area (Å²) in [6.45, 7) is 2.46. The van der Waals surface area contributed by atoms with E-state index in [1.807, 2.05) is 0 Å². The highest BCUT2D eigenvalue weighted by Gasteiger charge is 2.24. The number of benzene rings is 1. The van der Waals surface area contributed by atoms with Crippen LogP contribution in [0.3, 0.4) is 0 Å². The second-order valence-corrected chi connectivity index (χ2v) is 5.39. The van der Waals surface area contributed by atoms with Crippen molar-refractivity contribution < 1.29 is 14.3 Å². The average Bonchev–Trinajstić information content (AvgIpc) is 2.92. The van der Waals surface area contributed by atoms with Gasteiger partial charge < -0.3 is 15.0 Å². The van der Waals surface area contributed by atoms with Crippen molar-refractivity contribution in [2.45, 2.75) is 19.8 Å². The molecule has 1 aromatic rings. The van der Waals surface area contributed by atoms with Crippen molar-refractivity contribution in [3.8, 4) is 5.75 Å². The molecule has 1 aromatic carbocycles. The summed E-state index contributed by atoms with van der Waals surface area (Å²) < 4.78 is 5.34. The number of carbonyl (C=O) groups excluding carboxylic acids is 2. The van der Waals surface area contributed by atoms with E-state index in [2.05, 4.69) is 5.32 Å². The maximum absolute atomic E-state index is 11.8. The van der Waals surface area contributed by atoms with Crippen molar-refractivity contribution in [3.63, 3.8) is 0 Å². The van der Waals surface area contributed by atoms with Crippen LogP contribution >= 0.6 is 11.6 Å². The Morgan fingerprint density at radius 2 is 2.29 bits per heavy atom. The van der Waals surface area contributed by atoms with Crippen LogP contribution in [0.2, 0.25) is 0 Å². The third-order valence-electron chi connectivity index (χ3n) is 3.49. The largest absolute Gasteiger partial charge is 0.494 e. The van der Waals surface area contributed by atoms with Gasteiger partial charge in [0.15, 0.2) is 0 Å². The molecule has 0 aliphatic carbocycles. The van der Waals surface area contributed by atoms with Crippen LogP contribution in [0.15, 0.2) is 18.2 Å². The standard InChI is InChI=1S/C15H19ClN2O3/c1-10(9-16)15(20)17-11-5-6-12(13(8-11)21-2)18-7-3-4-14(18)19/h5-6,8,10H,3-4,7,9H2,1-2H3,(H,17,20). The summed E-state index contributed by atoms with van der Waals surface area (Å²) in [7, 11) is 1.55. The molecule has 2 amide bonds. The second-order valence-electron chi connectivity index (χ2n) is 5.08. The SMILES string of the molecule is COc1cc(NC(=O)C(C)CCl)ccc1N1CCCC1=O. The van der Waals surface area contributed by atoms with E-state index >= 15 is 0 Å². The quantitative estimate of drug-likeness (QED) is 0.851. The van der Waals surface area contributed by atoms with Crippen molar-refractivity contribution in [3.05, 3.63) is 18.2 Å². The van der Waals surface area contributed by atoms with Gasteiger partial charge in [-0.15, -0.1) is 11.6 Å². The predicted molar refractivity (Wildman–Crippen MR) is 83.1 cm³/mol. The predicted octanol–water partition coefficient (Wildman–Crippen LogP) is 2.64. The highest BCUT2D eigenvalue weighted by molar-refractivity contribution is 6.19. The molecule has 0 spiro atoms. The van der Waals surface area contributed by atoms with Gasteiger partial charge in [-0.1, -0.05) is 6.92 Å². The minimum Gasteiger partial charge on any atom is -0.494 e. The molecule has 1 heterocycles. The fourth-order valence-corrected chi connectivity index (χ4v) is 2.36. The number of halogens is 1. The molecule has 1 atom stereocenters. The number of methoxy groups -OCH3 is 1. The van der Waals surface area contributed by atoms with Gasteiger partial charge in [-0.25, -0.2) is 0 Å². The van der Waals surface area contributed by atoms with E-state index in [-0.39, 0.29) is 23.6 Å². The lowest BCUT2D eigenvalue weighted by atomic mass is 10.2. The molecule has 1 N–H and O–H groups in total. The van der Waals surface area contributed by atoms with E-state index < -0.39 is 0 Å². The van der Waals surface area contributed by atoms with Crippen LogP contribution in [-0.2, 0) is 9.59 Å². The molecule has 1 saturated heterocycles. The first-order valence-electron chi connectivity index (χ1n) is 6.92. The fourth-order valence-electron chi connectivity index (χ4n) is 2.22. The molecule has 1 aliphatic rings.